The number of amides is 1. The first-order chi connectivity index (χ1) is 14.5. The van der Waals surface area contributed by atoms with Crippen molar-refractivity contribution < 1.29 is 9.53 Å². The number of rotatable bonds is 7. The minimum Gasteiger partial charge on any atom is -0.497 e. The second kappa shape index (κ2) is 12.5. The lowest BCUT2D eigenvalue weighted by atomic mass is 10.1. The van der Waals surface area contributed by atoms with Crippen LogP contribution in [0.25, 0.3) is 0 Å². The molecular formula is C23H38IN5O2. The maximum atomic E-state index is 12.7. The van der Waals surface area contributed by atoms with Crippen LogP contribution in [-0.2, 0) is 4.79 Å². The van der Waals surface area contributed by atoms with Crippen LogP contribution in [-0.4, -0.2) is 75.6 Å². The third-order valence-corrected chi connectivity index (χ3v) is 6.33. The van der Waals surface area contributed by atoms with Crippen LogP contribution >= 0.6 is 24.0 Å². The van der Waals surface area contributed by atoms with Gasteiger partial charge in [-0.2, -0.15) is 0 Å². The summed E-state index contributed by atoms with van der Waals surface area (Å²) >= 11 is 0. The maximum absolute atomic E-state index is 12.7. The van der Waals surface area contributed by atoms with E-state index in [2.05, 4.69) is 46.8 Å². The molecule has 1 aliphatic heterocycles. The third-order valence-electron chi connectivity index (χ3n) is 6.33. The standard InChI is InChI=1S/C23H37N5O2.HI/c1-24-23(25-15-21(27(2)3)18-10-7-11-20(14-18)30-4)26-19-12-13-28(16-19)22(29)17-8-5-6-9-17;/h7,10-11,14,17,19,21H,5-6,8-9,12-13,15-16H2,1-4H3,(H2,24,25,26);1H. The van der Waals surface area contributed by atoms with Gasteiger partial charge in [-0.3, -0.25) is 9.79 Å². The molecule has 0 bridgehead atoms. The fourth-order valence-corrected chi connectivity index (χ4v) is 4.54. The largest absolute Gasteiger partial charge is 0.497 e. The molecule has 1 aliphatic carbocycles. The van der Waals surface area contributed by atoms with E-state index < -0.39 is 0 Å². The summed E-state index contributed by atoms with van der Waals surface area (Å²) in [6.45, 7) is 2.33. The van der Waals surface area contributed by atoms with Crippen LogP contribution in [0.1, 0.15) is 43.7 Å². The Hall–Kier alpha value is -1.55. The van der Waals surface area contributed by atoms with E-state index in [0.29, 0.717) is 5.91 Å². The quantitative estimate of drug-likeness (QED) is 0.315. The molecule has 2 N–H and O–H groups in total. The van der Waals surface area contributed by atoms with E-state index in [1.165, 1.54) is 18.4 Å². The summed E-state index contributed by atoms with van der Waals surface area (Å²) in [5, 5.41) is 6.98. The van der Waals surface area contributed by atoms with Crippen LogP contribution in [0.4, 0.5) is 0 Å². The molecule has 1 aromatic rings. The van der Waals surface area contributed by atoms with E-state index in [1.807, 2.05) is 17.0 Å². The van der Waals surface area contributed by atoms with E-state index in [4.69, 9.17) is 4.74 Å². The molecule has 0 radical (unpaired) electrons. The Kier molecular flexibility index (Phi) is 10.3. The monoisotopic (exact) mass is 543 g/mol. The van der Waals surface area contributed by atoms with Gasteiger partial charge in [0.25, 0.3) is 0 Å². The number of carbonyl (C=O) groups excluding carboxylic acids is 1. The Morgan fingerprint density at radius 1 is 1.29 bits per heavy atom. The van der Waals surface area contributed by atoms with E-state index in [9.17, 15) is 4.79 Å². The second-order valence-corrected chi connectivity index (χ2v) is 8.60. The smallest absolute Gasteiger partial charge is 0.225 e. The molecule has 0 spiro atoms. The Labute approximate surface area is 204 Å². The lowest BCUT2D eigenvalue weighted by molar-refractivity contribution is -0.134. The summed E-state index contributed by atoms with van der Waals surface area (Å²) in [5.74, 6) is 2.25. The number of methoxy groups -OCH3 is 1. The lowest BCUT2D eigenvalue weighted by Crippen LogP contribution is -2.47. The first kappa shape index (κ1) is 25.7. The van der Waals surface area contributed by atoms with E-state index in [1.54, 1.807) is 14.2 Å². The zero-order valence-corrected chi connectivity index (χ0v) is 21.6. The predicted molar refractivity (Wildman–Crippen MR) is 136 cm³/mol. The number of carbonyl (C=O) groups is 1. The topological polar surface area (TPSA) is 69.2 Å². The highest BCUT2D eigenvalue weighted by Crippen LogP contribution is 2.28. The number of ether oxygens (including phenoxy) is 1. The van der Waals surface area contributed by atoms with Crippen molar-refractivity contribution in [2.75, 3.05) is 47.9 Å². The molecule has 8 heteroatoms. The second-order valence-electron chi connectivity index (χ2n) is 8.60. The van der Waals surface area contributed by atoms with Gasteiger partial charge in [-0.15, -0.1) is 24.0 Å². The minimum atomic E-state index is 0. The number of hydrogen-bond acceptors (Lipinski definition) is 4. The minimum absolute atomic E-state index is 0. The molecule has 7 nitrogen and oxygen atoms in total. The number of likely N-dealkylation sites (N-methyl/N-ethyl adjacent to an activating group) is 1. The van der Waals surface area contributed by atoms with Crippen molar-refractivity contribution in [1.82, 2.24) is 20.4 Å². The van der Waals surface area contributed by atoms with Gasteiger partial charge in [-0.1, -0.05) is 25.0 Å². The number of nitrogens with one attached hydrogen (secondary N) is 2. The van der Waals surface area contributed by atoms with Crippen LogP contribution in [0.2, 0.25) is 0 Å². The van der Waals surface area contributed by atoms with Gasteiger partial charge in [0.15, 0.2) is 5.96 Å². The SMILES string of the molecule is CN=C(NCC(c1cccc(OC)c1)N(C)C)NC1CCN(C(=O)C2CCCC2)C1.I. The average Bonchev–Trinajstić information content (AvgIpc) is 3.45. The van der Waals surface area contributed by atoms with Crippen LogP contribution < -0.4 is 15.4 Å². The summed E-state index contributed by atoms with van der Waals surface area (Å²) in [5.41, 5.74) is 1.19. The summed E-state index contributed by atoms with van der Waals surface area (Å²) in [7, 11) is 7.63. The van der Waals surface area contributed by atoms with Crippen molar-refractivity contribution in [3.63, 3.8) is 0 Å². The molecule has 2 aliphatic rings. The van der Waals surface area contributed by atoms with Crippen molar-refractivity contribution in [2.24, 2.45) is 10.9 Å². The molecule has 1 amide bonds. The normalized spacial score (nSPS) is 20.5. The first-order valence-corrected chi connectivity index (χ1v) is 11.1. The Bertz CT molecular complexity index is 736. The zero-order chi connectivity index (χ0) is 21.5. The molecule has 0 aromatic heterocycles. The summed E-state index contributed by atoms with van der Waals surface area (Å²) in [6, 6.07) is 8.61. The highest BCUT2D eigenvalue weighted by atomic mass is 127. The molecule has 3 rings (SSSR count). The van der Waals surface area contributed by atoms with E-state index in [-0.39, 0.29) is 42.0 Å². The number of benzene rings is 1. The number of likely N-dealkylation sites (tertiary alicyclic amines) is 1. The van der Waals surface area contributed by atoms with Gasteiger partial charge in [0.1, 0.15) is 5.75 Å². The number of hydrogen-bond donors (Lipinski definition) is 2. The van der Waals surface area contributed by atoms with Crippen molar-refractivity contribution in [2.45, 2.75) is 44.2 Å². The van der Waals surface area contributed by atoms with Gasteiger partial charge < -0.3 is 25.2 Å². The fourth-order valence-electron chi connectivity index (χ4n) is 4.54. The Morgan fingerprint density at radius 2 is 2.03 bits per heavy atom. The Balaban J connectivity index is 0.00000341. The molecule has 1 saturated carbocycles. The summed E-state index contributed by atoms with van der Waals surface area (Å²) in [6.07, 6.45) is 5.48. The molecule has 2 fully saturated rings. The van der Waals surface area contributed by atoms with Crippen molar-refractivity contribution >= 4 is 35.8 Å². The van der Waals surface area contributed by atoms with Gasteiger partial charge in [0.2, 0.25) is 5.91 Å². The molecular weight excluding hydrogens is 505 g/mol. The first-order valence-electron chi connectivity index (χ1n) is 11.1. The maximum Gasteiger partial charge on any atom is 0.225 e. The fraction of sp³-hybridized carbons (Fsp3) is 0.652. The van der Waals surface area contributed by atoms with E-state index >= 15 is 0 Å². The van der Waals surface area contributed by atoms with E-state index in [0.717, 1.165) is 50.6 Å². The van der Waals surface area contributed by atoms with Crippen molar-refractivity contribution in [1.29, 1.82) is 0 Å². The average molecular weight is 543 g/mol. The highest BCUT2D eigenvalue weighted by Gasteiger charge is 2.32. The zero-order valence-electron chi connectivity index (χ0n) is 19.3. The molecule has 1 heterocycles. The molecule has 31 heavy (non-hydrogen) atoms. The number of halogens is 1. The number of guanidine groups is 1. The van der Waals surface area contributed by atoms with Crippen molar-refractivity contribution in [3.05, 3.63) is 29.8 Å². The lowest BCUT2D eigenvalue weighted by Gasteiger charge is -2.27. The summed E-state index contributed by atoms with van der Waals surface area (Å²) < 4.78 is 5.38. The third kappa shape index (κ3) is 6.97. The van der Waals surface area contributed by atoms with Crippen LogP contribution in [0.15, 0.2) is 29.3 Å². The van der Waals surface area contributed by atoms with Crippen LogP contribution in [0.3, 0.4) is 0 Å². The Morgan fingerprint density at radius 3 is 2.68 bits per heavy atom. The van der Waals surface area contributed by atoms with Gasteiger partial charge >= 0.3 is 0 Å². The van der Waals surface area contributed by atoms with Gasteiger partial charge in [0.05, 0.1) is 13.2 Å². The molecule has 1 aromatic carbocycles. The number of nitrogens with zero attached hydrogens (tertiary/aromatic N) is 3. The summed E-state index contributed by atoms with van der Waals surface area (Å²) in [4.78, 5) is 21.3. The molecule has 2 atom stereocenters. The van der Waals surface area contributed by atoms with Gasteiger partial charge in [-0.25, -0.2) is 0 Å². The number of aliphatic imine (C=N–C) groups is 1. The van der Waals surface area contributed by atoms with Crippen molar-refractivity contribution in [3.8, 4) is 5.75 Å². The molecule has 2 unspecified atom stereocenters. The van der Waals surface area contributed by atoms with Gasteiger partial charge in [0, 0.05) is 38.6 Å². The molecule has 174 valence electrons. The van der Waals surface area contributed by atoms with Crippen LogP contribution in [0.5, 0.6) is 5.75 Å². The predicted octanol–water partition coefficient (Wildman–Crippen LogP) is 2.87. The van der Waals surface area contributed by atoms with Gasteiger partial charge in [-0.05, 0) is 51.1 Å². The molecule has 1 saturated heterocycles. The van der Waals surface area contributed by atoms with Crippen LogP contribution in [0, 0.1) is 5.92 Å². The highest BCUT2D eigenvalue weighted by molar-refractivity contribution is 14.0.